The summed E-state index contributed by atoms with van der Waals surface area (Å²) in [5.74, 6) is 1.89. The molecule has 2 aromatic rings. The van der Waals surface area contributed by atoms with Gasteiger partial charge in [0.15, 0.2) is 0 Å². The number of fused-ring (bicyclic) bond motifs is 4. The van der Waals surface area contributed by atoms with Crippen LogP contribution in [0.4, 0.5) is 0 Å². The number of likely N-dealkylation sites (tertiary alicyclic amines) is 1. The van der Waals surface area contributed by atoms with Crippen molar-refractivity contribution in [2.24, 2.45) is 5.92 Å². The van der Waals surface area contributed by atoms with Crippen molar-refractivity contribution in [2.75, 3.05) is 40.8 Å². The third-order valence-electron chi connectivity index (χ3n) is 6.67. The van der Waals surface area contributed by atoms with Crippen LogP contribution in [-0.4, -0.2) is 55.2 Å². The van der Waals surface area contributed by atoms with E-state index in [0.717, 1.165) is 31.9 Å². The van der Waals surface area contributed by atoms with Crippen LogP contribution in [-0.2, 0) is 6.54 Å². The van der Waals surface area contributed by atoms with Crippen molar-refractivity contribution in [1.82, 2.24) is 14.4 Å². The molecule has 1 saturated heterocycles. The van der Waals surface area contributed by atoms with Crippen LogP contribution in [0.25, 0.3) is 0 Å². The Morgan fingerprint density at radius 2 is 1.93 bits per heavy atom. The molecule has 156 valence electrons. The topological polar surface area (TPSA) is 37.7 Å². The lowest BCUT2D eigenvalue weighted by atomic mass is 9.78. The van der Waals surface area contributed by atoms with E-state index in [0.29, 0.717) is 11.8 Å². The number of benzene rings is 1. The maximum atomic E-state index is 12.7. The first-order chi connectivity index (χ1) is 13.9. The first-order valence-corrected chi connectivity index (χ1v) is 10.6. The number of piperidine rings is 1. The van der Waals surface area contributed by atoms with E-state index in [1.165, 1.54) is 28.8 Å². The molecule has 1 aromatic carbocycles. The minimum atomic E-state index is 0.152. The third kappa shape index (κ3) is 3.86. The summed E-state index contributed by atoms with van der Waals surface area (Å²) >= 11 is 0. The number of ether oxygens (including phenoxy) is 1. The molecule has 5 heteroatoms. The van der Waals surface area contributed by atoms with Gasteiger partial charge in [-0.25, -0.2) is 0 Å². The Kier molecular flexibility index (Phi) is 5.54. The minimum absolute atomic E-state index is 0.152. The van der Waals surface area contributed by atoms with E-state index in [1.54, 1.807) is 13.2 Å². The van der Waals surface area contributed by atoms with Crippen molar-refractivity contribution < 1.29 is 4.74 Å². The fourth-order valence-electron chi connectivity index (χ4n) is 5.36. The molecule has 0 amide bonds. The molecular weight excluding hydrogens is 362 g/mol. The monoisotopic (exact) mass is 395 g/mol. The number of rotatable bonds is 5. The second-order valence-electron chi connectivity index (χ2n) is 9.12. The van der Waals surface area contributed by atoms with Crippen LogP contribution in [0.2, 0.25) is 0 Å². The summed E-state index contributed by atoms with van der Waals surface area (Å²) in [6.45, 7) is 8.20. The van der Waals surface area contributed by atoms with Gasteiger partial charge in [0.1, 0.15) is 5.75 Å². The highest BCUT2D eigenvalue weighted by Crippen LogP contribution is 2.41. The summed E-state index contributed by atoms with van der Waals surface area (Å²) in [4.78, 5) is 17.5. The van der Waals surface area contributed by atoms with Crippen molar-refractivity contribution in [2.45, 2.75) is 38.8 Å². The van der Waals surface area contributed by atoms with E-state index in [1.807, 2.05) is 6.07 Å². The standard InChI is InChI=1S/C24H33N3O2/c1-16-10-23(29-5)17(2)9-18(16)12-26-13-19-11-20(14-26)22(15-25(3)4)27-21(19)7-6-8-24(27)28/h6-10,19-20,22H,11-15H2,1-5H3/t19-,20+,22+/m1/s1. The Morgan fingerprint density at radius 3 is 2.66 bits per heavy atom. The lowest BCUT2D eigenvalue weighted by Crippen LogP contribution is -2.51. The number of hydrogen-bond donors (Lipinski definition) is 0. The van der Waals surface area contributed by atoms with E-state index in [2.05, 4.69) is 60.5 Å². The average molecular weight is 396 g/mol. The number of aromatic nitrogens is 1. The van der Waals surface area contributed by atoms with Crippen molar-refractivity contribution in [3.8, 4) is 5.75 Å². The lowest BCUT2D eigenvalue weighted by molar-refractivity contribution is 0.0742. The number of aryl methyl sites for hydroxylation is 2. The molecule has 29 heavy (non-hydrogen) atoms. The van der Waals surface area contributed by atoms with Gasteiger partial charge >= 0.3 is 0 Å². The van der Waals surface area contributed by atoms with Gasteiger partial charge in [0.2, 0.25) is 0 Å². The quantitative estimate of drug-likeness (QED) is 0.779. The van der Waals surface area contributed by atoms with Gasteiger partial charge in [0, 0.05) is 43.9 Å². The minimum Gasteiger partial charge on any atom is -0.496 e. The third-order valence-corrected chi connectivity index (χ3v) is 6.67. The number of hydrogen-bond acceptors (Lipinski definition) is 4. The molecule has 0 N–H and O–H groups in total. The SMILES string of the molecule is COc1cc(C)c(CN2C[C@H]3C[C@@H](C2)[C@H](CN(C)C)n2c3cccc2=O)cc1C. The fraction of sp³-hybridized carbons (Fsp3) is 0.542. The van der Waals surface area contributed by atoms with Crippen molar-refractivity contribution in [3.05, 3.63) is 63.1 Å². The predicted molar refractivity (Wildman–Crippen MR) is 117 cm³/mol. The van der Waals surface area contributed by atoms with Crippen LogP contribution in [0.1, 0.15) is 40.8 Å². The first-order valence-electron chi connectivity index (χ1n) is 10.6. The molecule has 0 unspecified atom stereocenters. The maximum Gasteiger partial charge on any atom is 0.251 e. The van der Waals surface area contributed by atoms with Crippen LogP contribution in [0.15, 0.2) is 35.1 Å². The predicted octanol–water partition coefficient (Wildman–Crippen LogP) is 3.20. The van der Waals surface area contributed by atoms with Gasteiger partial charge < -0.3 is 14.2 Å². The number of methoxy groups -OCH3 is 1. The second-order valence-corrected chi connectivity index (χ2v) is 9.12. The molecule has 2 bridgehead atoms. The zero-order chi connectivity index (χ0) is 20.7. The molecule has 0 saturated carbocycles. The molecule has 2 aliphatic heterocycles. The van der Waals surface area contributed by atoms with E-state index in [-0.39, 0.29) is 11.6 Å². The van der Waals surface area contributed by atoms with Crippen molar-refractivity contribution >= 4 is 0 Å². The van der Waals surface area contributed by atoms with E-state index >= 15 is 0 Å². The highest BCUT2D eigenvalue weighted by molar-refractivity contribution is 5.41. The highest BCUT2D eigenvalue weighted by atomic mass is 16.5. The molecule has 0 spiro atoms. The molecule has 0 radical (unpaired) electrons. The first kappa shape index (κ1) is 20.2. The molecule has 5 nitrogen and oxygen atoms in total. The summed E-state index contributed by atoms with van der Waals surface area (Å²) in [5, 5.41) is 0. The van der Waals surface area contributed by atoms with Crippen LogP contribution in [0.3, 0.4) is 0 Å². The largest absolute Gasteiger partial charge is 0.496 e. The Bertz CT molecular complexity index is 950. The van der Waals surface area contributed by atoms with Gasteiger partial charge in [-0.3, -0.25) is 9.69 Å². The molecular formula is C24H33N3O2. The van der Waals surface area contributed by atoms with E-state index < -0.39 is 0 Å². The number of likely N-dealkylation sites (N-methyl/N-ethyl adjacent to an activating group) is 1. The molecule has 2 aliphatic rings. The van der Waals surface area contributed by atoms with Gasteiger partial charge in [-0.1, -0.05) is 12.1 Å². The molecule has 1 aromatic heterocycles. The lowest BCUT2D eigenvalue weighted by Gasteiger charge is -2.47. The second kappa shape index (κ2) is 7.96. The Balaban J connectivity index is 1.64. The normalized spacial score (nSPS) is 23.9. The molecule has 3 heterocycles. The van der Waals surface area contributed by atoms with Gasteiger partial charge in [0.25, 0.3) is 5.56 Å². The summed E-state index contributed by atoms with van der Waals surface area (Å²) in [5.41, 5.74) is 5.21. The molecule has 3 atom stereocenters. The van der Waals surface area contributed by atoms with Crippen molar-refractivity contribution in [3.63, 3.8) is 0 Å². The average Bonchev–Trinajstić information content (AvgIpc) is 2.67. The van der Waals surface area contributed by atoms with Gasteiger partial charge in [-0.2, -0.15) is 0 Å². The van der Waals surface area contributed by atoms with E-state index in [4.69, 9.17) is 4.74 Å². The van der Waals surface area contributed by atoms with Gasteiger partial charge in [0.05, 0.1) is 13.2 Å². The smallest absolute Gasteiger partial charge is 0.251 e. The number of pyridine rings is 1. The zero-order valence-corrected chi connectivity index (χ0v) is 18.3. The molecule has 4 rings (SSSR count). The Hall–Kier alpha value is -2.11. The molecule has 0 aliphatic carbocycles. The fourth-order valence-corrected chi connectivity index (χ4v) is 5.36. The zero-order valence-electron chi connectivity index (χ0n) is 18.3. The van der Waals surface area contributed by atoms with Gasteiger partial charge in [-0.05, 0) is 69.1 Å². The van der Waals surface area contributed by atoms with Crippen LogP contribution >= 0.6 is 0 Å². The van der Waals surface area contributed by atoms with Crippen LogP contribution < -0.4 is 10.3 Å². The summed E-state index contributed by atoms with van der Waals surface area (Å²) in [6, 6.07) is 10.5. The highest BCUT2D eigenvalue weighted by Gasteiger charge is 2.40. The van der Waals surface area contributed by atoms with Crippen LogP contribution in [0.5, 0.6) is 5.75 Å². The summed E-state index contributed by atoms with van der Waals surface area (Å²) < 4.78 is 7.58. The Labute approximate surface area is 173 Å². The van der Waals surface area contributed by atoms with Gasteiger partial charge in [-0.15, -0.1) is 0 Å². The summed E-state index contributed by atoms with van der Waals surface area (Å²) in [7, 11) is 5.94. The van der Waals surface area contributed by atoms with Crippen LogP contribution in [0, 0.1) is 19.8 Å². The van der Waals surface area contributed by atoms with E-state index in [9.17, 15) is 4.79 Å². The maximum absolute atomic E-state index is 12.7. The molecule has 1 fully saturated rings. The number of nitrogens with zero attached hydrogens (tertiary/aromatic N) is 3. The Morgan fingerprint density at radius 1 is 1.14 bits per heavy atom. The summed E-state index contributed by atoms with van der Waals surface area (Å²) in [6.07, 6.45) is 1.18. The van der Waals surface area contributed by atoms with Crippen molar-refractivity contribution in [1.29, 1.82) is 0 Å².